The number of rotatable bonds is 9. The normalized spacial score (nSPS) is 14.7. The maximum atomic E-state index is 13.3. The number of carbonyl (C=O) groups excluding carboxylic acids is 2. The van der Waals surface area contributed by atoms with Crippen LogP contribution >= 0.6 is 39.1 Å². The lowest BCUT2D eigenvalue weighted by atomic mass is 10.1. The quantitative estimate of drug-likeness (QED) is 0.402. The van der Waals surface area contributed by atoms with Gasteiger partial charge in [0.25, 0.3) is 5.91 Å². The van der Waals surface area contributed by atoms with Crippen LogP contribution in [0.25, 0.3) is 0 Å². The van der Waals surface area contributed by atoms with Crippen LogP contribution in [0, 0.1) is 0 Å². The lowest BCUT2D eigenvalue weighted by molar-refractivity contribution is -0.142. The minimum Gasteiger partial charge on any atom is -0.483 e. The number of benzene rings is 2. The molecule has 0 radical (unpaired) electrons. The minimum absolute atomic E-state index is 0.107. The molecule has 178 valence electrons. The Balaban J connectivity index is 1.77. The number of halogens is 3. The number of amides is 2. The van der Waals surface area contributed by atoms with Crippen LogP contribution < -0.4 is 10.1 Å². The van der Waals surface area contributed by atoms with E-state index in [1.54, 1.807) is 25.1 Å². The second-order valence-corrected chi connectivity index (χ2v) is 9.96. The number of aryl methyl sites for hydroxylation is 1. The smallest absolute Gasteiger partial charge is 0.261 e. The molecule has 0 heterocycles. The Kier molecular flexibility index (Phi) is 9.47. The summed E-state index contributed by atoms with van der Waals surface area (Å²) in [5.74, 6) is 0.0535. The lowest BCUT2D eigenvalue weighted by Gasteiger charge is -2.30. The van der Waals surface area contributed by atoms with Gasteiger partial charge in [-0.3, -0.25) is 9.59 Å². The molecular weight excluding hydrogens is 527 g/mol. The minimum atomic E-state index is -0.708. The largest absolute Gasteiger partial charge is 0.483 e. The summed E-state index contributed by atoms with van der Waals surface area (Å²) < 4.78 is 6.58. The summed E-state index contributed by atoms with van der Waals surface area (Å²) in [5.41, 5.74) is 1.76. The molecule has 5 nitrogen and oxygen atoms in total. The Morgan fingerprint density at radius 2 is 1.85 bits per heavy atom. The van der Waals surface area contributed by atoms with E-state index in [1.807, 2.05) is 18.2 Å². The molecule has 2 aromatic carbocycles. The van der Waals surface area contributed by atoms with Gasteiger partial charge in [0.1, 0.15) is 11.8 Å². The van der Waals surface area contributed by atoms with Crippen molar-refractivity contribution in [2.24, 2.45) is 0 Å². The Morgan fingerprint density at radius 3 is 2.45 bits per heavy atom. The van der Waals surface area contributed by atoms with Crippen LogP contribution in [0.2, 0.25) is 10.0 Å². The zero-order valence-electron chi connectivity index (χ0n) is 18.9. The summed E-state index contributed by atoms with van der Waals surface area (Å²) in [6.07, 6.45) is 5.05. The fourth-order valence-electron chi connectivity index (χ4n) is 3.93. The van der Waals surface area contributed by atoms with Crippen molar-refractivity contribution in [2.45, 2.75) is 64.6 Å². The first-order valence-electron chi connectivity index (χ1n) is 11.2. The molecule has 1 aliphatic carbocycles. The van der Waals surface area contributed by atoms with Crippen molar-refractivity contribution in [1.29, 1.82) is 0 Å². The van der Waals surface area contributed by atoms with Crippen molar-refractivity contribution in [1.82, 2.24) is 10.2 Å². The van der Waals surface area contributed by atoms with E-state index in [0.717, 1.165) is 42.1 Å². The van der Waals surface area contributed by atoms with Gasteiger partial charge < -0.3 is 15.0 Å². The van der Waals surface area contributed by atoms with E-state index in [2.05, 4.69) is 28.2 Å². The first kappa shape index (κ1) is 25.9. The molecule has 3 rings (SSSR count). The molecule has 1 atom stereocenters. The van der Waals surface area contributed by atoms with E-state index in [-0.39, 0.29) is 31.0 Å². The molecule has 0 aromatic heterocycles. The second-order valence-electron chi connectivity index (χ2n) is 8.29. The van der Waals surface area contributed by atoms with E-state index in [1.165, 1.54) is 4.90 Å². The van der Waals surface area contributed by atoms with Gasteiger partial charge >= 0.3 is 0 Å². The molecule has 0 spiro atoms. The van der Waals surface area contributed by atoms with Gasteiger partial charge in [0.05, 0.1) is 4.47 Å². The molecule has 1 N–H and O–H groups in total. The first-order valence-corrected chi connectivity index (χ1v) is 12.8. The Morgan fingerprint density at radius 1 is 1.18 bits per heavy atom. The van der Waals surface area contributed by atoms with Crippen molar-refractivity contribution >= 4 is 50.9 Å². The molecule has 1 aliphatic rings. The fraction of sp³-hybridized carbons (Fsp3) is 0.440. The summed E-state index contributed by atoms with van der Waals surface area (Å²) >= 11 is 16.2. The first-order chi connectivity index (χ1) is 15.8. The Hall–Kier alpha value is -1.76. The van der Waals surface area contributed by atoms with E-state index < -0.39 is 6.04 Å². The van der Waals surface area contributed by atoms with Crippen LogP contribution in [-0.4, -0.2) is 35.4 Å². The molecule has 8 heteroatoms. The molecule has 1 saturated carbocycles. The average Bonchev–Trinajstić information content (AvgIpc) is 3.30. The van der Waals surface area contributed by atoms with Crippen LogP contribution in [0.15, 0.2) is 40.9 Å². The van der Waals surface area contributed by atoms with E-state index in [9.17, 15) is 9.59 Å². The van der Waals surface area contributed by atoms with Crippen molar-refractivity contribution in [3.63, 3.8) is 0 Å². The number of hydrogen-bond acceptors (Lipinski definition) is 3. The van der Waals surface area contributed by atoms with Gasteiger partial charge in [0.15, 0.2) is 6.61 Å². The predicted molar refractivity (Wildman–Crippen MR) is 136 cm³/mol. The van der Waals surface area contributed by atoms with Crippen molar-refractivity contribution in [3.05, 3.63) is 62.0 Å². The van der Waals surface area contributed by atoms with Gasteiger partial charge in [-0.05, 0) is 71.9 Å². The highest BCUT2D eigenvalue weighted by atomic mass is 79.9. The summed E-state index contributed by atoms with van der Waals surface area (Å²) in [5, 5.41) is 3.97. The van der Waals surface area contributed by atoms with Crippen molar-refractivity contribution in [2.75, 3.05) is 6.61 Å². The zero-order chi connectivity index (χ0) is 24.0. The van der Waals surface area contributed by atoms with Crippen LogP contribution in [0.5, 0.6) is 5.75 Å². The van der Waals surface area contributed by atoms with E-state index >= 15 is 0 Å². The lowest BCUT2D eigenvalue weighted by Crippen LogP contribution is -2.50. The SMILES string of the molecule is CCc1ccc(OCC(=O)N(Cc2c(Cl)cccc2Cl)[C@H](C)C(=O)NC2CCCC2)c(Br)c1. The van der Waals surface area contributed by atoms with Gasteiger partial charge in [-0.15, -0.1) is 0 Å². The predicted octanol–water partition coefficient (Wildman–Crippen LogP) is 6.17. The molecule has 0 saturated heterocycles. The fourth-order valence-corrected chi connectivity index (χ4v) is 4.99. The molecule has 33 heavy (non-hydrogen) atoms. The Bertz CT molecular complexity index is 975. The van der Waals surface area contributed by atoms with Crippen LogP contribution in [0.3, 0.4) is 0 Å². The maximum Gasteiger partial charge on any atom is 0.261 e. The molecule has 0 unspecified atom stereocenters. The van der Waals surface area contributed by atoms with Gasteiger partial charge in [-0.25, -0.2) is 0 Å². The third kappa shape index (κ3) is 6.87. The standard InChI is InChI=1S/C25H29BrCl2N2O3/c1-3-17-11-12-23(20(26)13-17)33-15-24(31)30(14-19-21(27)9-6-10-22(19)28)16(2)25(32)29-18-7-4-5-8-18/h6,9-13,16,18H,3-5,7-8,14-15H2,1-2H3,(H,29,32)/t16-/m1/s1. The highest BCUT2D eigenvalue weighted by molar-refractivity contribution is 9.10. The topological polar surface area (TPSA) is 58.6 Å². The number of nitrogens with zero attached hydrogens (tertiary/aromatic N) is 1. The van der Waals surface area contributed by atoms with Crippen LogP contribution in [0.1, 0.15) is 50.7 Å². The summed E-state index contributed by atoms with van der Waals surface area (Å²) in [6, 6.07) is 10.4. The molecule has 0 bridgehead atoms. The zero-order valence-corrected chi connectivity index (χ0v) is 22.0. The average molecular weight is 556 g/mol. The van der Waals surface area contributed by atoms with Crippen molar-refractivity contribution in [3.8, 4) is 5.75 Å². The number of carbonyl (C=O) groups is 2. The van der Waals surface area contributed by atoms with Crippen LogP contribution in [0.4, 0.5) is 0 Å². The summed E-state index contributed by atoms with van der Waals surface area (Å²) in [6.45, 7) is 3.68. The Labute approximate surface area is 213 Å². The van der Waals surface area contributed by atoms with Gasteiger partial charge in [0, 0.05) is 28.2 Å². The van der Waals surface area contributed by atoms with E-state index in [4.69, 9.17) is 27.9 Å². The van der Waals surface area contributed by atoms with Gasteiger partial charge in [-0.1, -0.05) is 55.1 Å². The monoisotopic (exact) mass is 554 g/mol. The van der Waals surface area contributed by atoms with E-state index in [0.29, 0.717) is 21.4 Å². The maximum absolute atomic E-state index is 13.3. The highest BCUT2D eigenvalue weighted by Gasteiger charge is 2.29. The summed E-state index contributed by atoms with van der Waals surface area (Å²) in [4.78, 5) is 27.7. The molecule has 2 amide bonds. The van der Waals surface area contributed by atoms with Gasteiger partial charge in [0.2, 0.25) is 5.91 Å². The molecule has 0 aliphatic heterocycles. The number of nitrogens with one attached hydrogen (secondary N) is 1. The molecular formula is C25H29BrCl2N2O3. The summed E-state index contributed by atoms with van der Waals surface area (Å²) in [7, 11) is 0. The molecule has 1 fully saturated rings. The van der Waals surface area contributed by atoms with Crippen LogP contribution in [-0.2, 0) is 22.6 Å². The van der Waals surface area contributed by atoms with Gasteiger partial charge in [-0.2, -0.15) is 0 Å². The highest BCUT2D eigenvalue weighted by Crippen LogP contribution is 2.28. The number of ether oxygens (including phenoxy) is 1. The second kappa shape index (κ2) is 12.1. The molecule has 2 aromatic rings. The number of hydrogen-bond donors (Lipinski definition) is 1. The van der Waals surface area contributed by atoms with Crippen molar-refractivity contribution < 1.29 is 14.3 Å². The third-order valence-corrected chi connectivity index (χ3v) is 7.34. The third-order valence-electron chi connectivity index (χ3n) is 6.01.